The number of hydrogen-bond donors (Lipinski definition) is 3. The number of aromatic amines is 1. The molecule has 174 valence electrons. The maximum absolute atomic E-state index is 12.3. The van der Waals surface area contributed by atoms with Gasteiger partial charge in [0, 0.05) is 32.1 Å². The lowest BCUT2D eigenvalue weighted by molar-refractivity contribution is -0.115. The average Bonchev–Trinajstić information content (AvgIpc) is 3.16. The van der Waals surface area contributed by atoms with Crippen molar-refractivity contribution >= 4 is 51.7 Å². The Bertz CT molecular complexity index is 1350. The Kier molecular flexibility index (Phi) is 6.23. The largest absolute Gasteiger partial charge is 0.378 e. The quantitative estimate of drug-likeness (QED) is 0.446. The molecule has 3 N–H and O–H groups in total. The molecule has 0 saturated carbocycles. The second-order valence-corrected chi connectivity index (χ2v) is 8.65. The first-order valence-electron chi connectivity index (χ1n) is 10.7. The van der Waals surface area contributed by atoms with Gasteiger partial charge in [-0.3, -0.25) is 19.7 Å². The van der Waals surface area contributed by atoms with E-state index in [1.54, 1.807) is 30.3 Å². The molecule has 2 aliphatic rings. The molecule has 0 unspecified atom stereocenters. The number of thioether (sulfide) groups is 1. The highest BCUT2D eigenvalue weighted by Crippen LogP contribution is 2.26. The van der Waals surface area contributed by atoms with Crippen LogP contribution in [0, 0.1) is 0 Å². The van der Waals surface area contributed by atoms with Gasteiger partial charge in [-0.25, -0.2) is 9.97 Å². The number of hydrogen-bond acceptors (Lipinski definition) is 10. The molecule has 5 rings (SSSR count). The fourth-order valence-electron chi connectivity index (χ4n) is 3.66. The van der Waals surface area contributed by atoms with Gasteiger partial charge in [0.1, 0.15) is 11.6 Å². The maximum atomic E-state index is 12.3. The van der Waals surface area contributed by atoms with Crippen LogP contribution in [0.5, 0.6) is 0 Å². The van der Waals surface area contributed by atoms with E-state index in [2.05, 4.69) is 35.5 Å². The van der Waals surface area contributed by atoms with Crippen LogP contribution in [0.3, 0.4) is 0 Å². The van der Waals surface area contributed by atoms with Crippen molar-refractivity contribution < 1.29 is 14.3 Å². The molecule has 12 heteroatoms. The van der Waals surface area contributed by atoms with E-state index < -0.39 is 11.1 Å². The Morgan fingerprint density at radius 3 is 2.74 bits per heavy atom. The van der Waals surface area contributed by atoms with Gasteiger partial charge in [-0.15, -0.1) is 0 Å². The highest BCUT2D eigenvalue weighted by molar-refractivity contribution is 8.18. The summed E-state index contributed by atoms with van der Waals surface area (Å²) >= 11 is 0.838. The number of rotatable bonds is 6. The molecule has 2 aromatic heterocycles. The molecule has 34 heavy (non-hydrogen) atoms. The monoisotopic (exact) mass is 479 g/mol. The van der Waals surface area contributed by atoms with Gasteiger partial charge in [0.2, 0.25) is 5.95 Å². The first kappa shape index (κ1) is 22.0. The summed E-state index contributed by atoms with van der Waals surface area (Å²) < 4.78 is 5.43. The Hall–Kier alpha value is -3.77. The number of ether oxygens (including phenoxy) is 1. The number of anilines is 2. The van der Waals surface area contributed by atoms with E-state index in [-0.39, 0.29) is 10.5 Å². The minimum atomic E-state index is -0.442. The van der Waals surface area contributed by atoms with Gasteiger partial charge in [0.25, 0.3) is 16.7 Å². The summed E-state index contributed by atoms with van der Waals surface area (Å²) in [5.74, 6) is 1.18. The molecular weight excluding hydrogens is 458 g/mol. The van der Waals surface area contributed by atoms with Gasteiger partial charge in [-0.1, -0.05) is 12.1 Å². The zero-order valence-electron chi connectivity index (χ0n) is 18.0. The van der Waals surface area contributed by atoms with Crippen molar-refractivity contribution in [1.29, 1.82) is 0 Å². The van der Waals surface area contributed by atoms with Crippen molar-refractivity contribution in [2.24, 2.45) is 0 Å². The summed E-state index contributed by atoms with van der Waals surface area (Å²) in [7, 11) is 0. The highest BCUT2D eigenvalue weighted by atomic mass is 32.2. The summed E-state index contributed by atoms with van der Waals surface area (Å²) in [5.41, 5.74) is 0.966. The predicted molar refractivity (Wildman–Crippen MR) is 129 cm³/mol. The minimum absolute atomic E-state index is 0.179. The van der Waals surface area contributed by atoms with Gasteiger partial charge in [0.15, 0.2) is 0 Å². The molecule has 2 fully saturated rings. The Labute approximate surface area is 198 Å². The predicted octanol–water partition coefficient (Wildman–Crippen LogP) is 1.53. The molecule has 4 heterocycles. The van der Waals surface area contributed by atoms with Crippen LogP contribution in [0.4, 0.5) is 16.6 Å². The van der Waals surface area contributed by atoms with Gasteiger partial charge >= 0.3 is 0 Å². The lowest BCUT2D eigenvalue weighted by Crippen LogP contribution is -2.37. The van der Waals surface area contributed by atoms with E-state index in [4.69, 9.17) is 4.74 Å². The molecule has 11 nitrogen and oxygen atoms in total. The Morgan fingerprint density at radius 1 is 1.12 bits per heavy atom. The highest BCUT2D eigenvalue weighted by Gasteiger charge is 2.25. The van der Waals surface area contributed by atoms with Gasteiger partial charge in [-0.05, 0) is 30.0 Å². The average molecular weight is 480 g/mol. The van der Waals surface area contributed by atoms with Crippen molar-refractivity contribution in [1.82, 2.24) is 25.3 Å². The van der Waals surface area contributed by atoms with Crippen molar-refractivity contribution in [3.8, 4) is 0 Å². The van der Waals surface area contributed by atoms with Crippen LogP contribution >= 0.6 is 11.8 Å². The van der Waals surface area contributed by atoms with Crippen LogP contribution in [0.15, 0.2) is 40.0 Å². The zero-order chi connectivity index (χ0) is 23.5. The molecule has 3 aromatic rings. The summed E-state index contributed by atoms with van der Waals surface area (Å²) in [5, 5.41) is 5.56. The molecule has 1 aromatic carbocycles. The normalized spacial score (nSPS) is 17.4. The van der Waals surface area contributed by atoms with Crippen LogP contribution in [0.25, 0.3) is 17.0 Å². The number of nitrogens with zero attached hydrogens (tertiary/aromatic N) is 4. The third-order valence-corrected chi connectivity index (χ3v) is 6.11. The van der Waals surface area contributed by atoms with Crippen LogP contribution in [0.1, 0.15) is 11.5 Å². The number of imide groups is 1. The molecule has 0 radical (unpaired) electrons. The van der Waals surface area contributed by atoms with Crippen LogP contribution in [0.2, 0.25) is 0 Å². The third-order valence-electron chi connectivity index (χ3n) is 5.30. The van der Waals surface area contributed by atoms with E-state index in [1.165, 1.54) is 0 Å². The van der Waals surface area contributed by atoms with E-state index in [0.29, 0.717) is 73.5 Å². The van der Waals surface area contributed by atoms with E-state index >= 15 is 0 Å². The summed E-state index contributed by atoms with van der Waals surface area (Å²) in [6.45, 7) is 2.98. The van der Waals surface area contributed by atoms with Crippen LogP contribution in [-0.4, -0.2) is 63.9 Å². The molecule has 0 bridgehead atoms. The van der Waals surface area contributed by atoms with Crippen molar-refractivity contribution in [2.45, 2.75) is 6.42 Å². The van der Waals surface area contributed by atoms with Crippen molar-refractivity contribution in [3.63, 3.8) is 0 Å². The first-order chi connectivity index (χ1) is 16.5. The van der Waals surface area contributed by atoms with Crippen molar-refractivity contribution in [2.75, 3.05) is 43.1 Å². The number of benzene rings is 1. The molecule has 2 saturated heterocycles. The van der Waals surface area contributed by atoms with E-state index in [0.717, 1.165) is 11.8 Å². The zero-order valence-corrected chi connectivity index (χ0v) is 18.9. The maximum Gasteiger partial charge on any atom is 0.290 e. The number of morpholine rings is 1. The Morgan fingerprint density at radius 2 is 1.94 bits per heavy atom. The van der Waals surface area contributed by atoms with Gasteiger partial charge in [-0.2, -0.15) is 4.98 Å². The summed E-state index contributed by atoms with van der Waals surface area (Å²) in [6, 6.07) is 8.96. The molecule has 2 amide bonds. The van der Waals surface area contributed by atoms with Gasteiger partial charge < -0.3 is 19.9 Å². The number of carbonyl (C=O) groups excluding carboxylic acids is 2. The molecule has 2 aliphatic heterocycles. The lowest BCUT2D eigenvalue weighted by atomic mass is 10.2. The number of nitrogens with one attached hydrogen (secondary N) is 3. The smallest absolute Gasteiger partial charge is 0.290 e. The van der Waals surface area contributed by atoms with Crippen LogP contribution < -0.4 is 21.1 Å². The van der Waals surface area contributed by atoms with Gasteiger partial charge in [0.05, 0.1) is 34.7 Å². The molecular formula is C22H21N7O4S. The van der Waals surface area contributed by atoms with Crippen molar-refractivity contribution in [3.05, 3.63) is 57.1 Å². The Balaban J connectivity index is 1.37. The molecule has 0 aliphatic carbocycles. The van der Waals surface area contributed by atoms with E-state index in [9.17, 15) is 14.4 Å². The number of para-hydroxylation sites is 1. The second-order valence-electron chi connectivity index (χ2n) is 7.63. The minimum Gasteiger partial charge on any atom is -0.378 e. The number of carbonyl (C=O) groups is 2. The summed E-state index contributed by atoms with van der Waals surface area (Å²) in [4.78, 5) is 54.6. The van der Waals surface area contributed by atoms with Crippen LogP contribution in [-0.2, 0) is 16.0 Å². The fraction of sp³-hybridized carbons (Fsp3) is 0.273. The van der Waals surface area contributed by atoms with E-state index in [1.807, 2.05) is 6.07 Å². The standard InChI is InChI=1S/C22H21N7O4S/c30-19-14-3-1-2-4-15(14)25-17(26-19)5-6-23-21-24-13(11-16-20(31)28-22(32)34-16)12-18(27-21)29-7-9-33-10-8-29/h1-4,11-12H,5-10H2,(H,23,24,27)(H,25,26,30)(H,28,31,32)/b16-11-. The number of H-pyrrole nitrogens is 1. The second kappa shape index (κ2) is 9.61. The third kappa shape index (κ3) is 4.92. The number of amides is 2. The number of fused-ring (bicyclic) bond motifs is 1. The molecule has 0 atom stereocenters. The first-order valence-corrected chi connectivity index (χ1v) is 11.6. The summed E-state index contributed by atoms with van der Waals surface area (Å²) in [6.07, 6.45) is 2.03. The topological polar surface area (TPSA) is 142 Å². The molecule has 0 spiro atoms. The fourth-order valence-corrected chi connectivity index (χ4v) is 4.33. The number of aromatic nitrogens is 4. The SMILES string of the molecule is O=C1NC(=O)/C(=C/c2cc(N3CCOCC3)nc(NCCc3nc4ccccc4c(=O)[nH]3)n2)S1. The lowest BCUT2D eigenvalue weighted by Gasteiger charge is -2.28.